The van der Waals surface area contributed by atoms with Crippen molar-refractivity contribution in [1.82, 2.24) is 4.98 Å². The Bertz CT molecular complexity index is 112. The maximum absolute atomic E-state index is 5.64. The molecule has 0 aromatic carbocycles. The minimum absolute atomic E-state index is 0.0720. The molecular formula is C9H24N2OSi. The minimum atomic E-state index is -1.19. The summed E-state index contributed by atoms with van der Waals surface area (Å²) in [6, 6.07) is 1.19. The van der Waals surface area contributed by atoms with E-state index in [2.05, 4.69) is 11.9 Å². The molecule has 0 spiro atoms. The molecule has 2 unspecified atom stereocenters. The maximum Gasteiger partial charge on any atom is 0.253 e. The van der Waals surface area contributed by atoms with Gasteiger partial charge in [0.2, 0.25) is 0 Å². The Morgan fingerprint density at radius 3 is 2.54 bits per heavy atom. The molecule has 0 aromatic heterocycles. The summed E-state index contributed by atoms with van der Waals surface area (Å²) in [5, 5.41) is 0. The van der Waals surface area contributed by atoms with Crippen molar-refractivity contribution in [2.24, 2.45) is 5.73 Å². The quantitative estimate of drug-likeness (QED) is 0.356. The first-order valence-electron chi connectivity index (χ1n) is 5.25. The van der Waals surface area contributed by atoms with Crippen LogP contribution in [-0.4, -0.2) is 22.5 Å². The van der Waals surface area contributed by atoms with Gasteiger partial charge in [0.25, 0.3) is 9.20 Å². The first kappa shape index (κ1) is 13.1. The highest BCUT2D eigenvalue weighted by atomic mass is 28.3. The second-order valence-electron chi connectivity index (χ2n) is 3.53. The monoisotopic (exact) mass is 204 g/mol. The highest BCUT2D eigenvalue weighted by molar-refractivity contribution is 6.48. The third-order valence-corrected chi connectivity index (χ3v) is 4.45. The molecule has 3 N–H and O–H groups in total. The van der Waals surface area contributed by atoms with E-state index in [4.69, 9.17) is 10.2 Å². The zero-order valence-corrected chi connectivity index (χ0v) is 10.3. The largest absolute Gasteiger partial charge is 0.409 e. The van der Waals surface area contributed by atoms with E-state index >= 15 is 0 Å². The lowest BCUT2D eigenvalue weighted by atomic mass is 10.2. The third kappa shape index (κ3) is 8.43. The molecule has 4 heteroatoms. The standard InChI is InChI=1S/C9H24N2OSi/c1-4-5-6-7-8-13(12-3)11-9(2)10/h9,11,13H,4-8,10H2,1-3H3. The summed E-state index contributed by atoms with van der Waals surface area (Å²) >= 11 is 0. The van der Waals surface area contributed by atoms with Gasteiger partial charge in [-0.25, -0.2) is 0 Å². The van der Waals surface area contributed by atoms with Crippen LogP contribution in [0.1, 0.15) is 39.5 Å². The fourth-order valence-electron chi connectivity index (χ4n) is 1.32. The van der Waals surface area contributed by atoms with Gasteiger partial charge in [-0.2, -0.15) is 0 Å². The van der Waals surface area contributed by atoms with Gasteiger partial charge in [0.05, 0.1) is 0 Å². The second kappa shape index (κ2) is 8.68. The molecule has 80 valence electrons. The molecule has 0 heterocycles. The normalized spacial score (nSPS) is 15.7. The van der Waals surface area contributed by atoms with Crippen LogP contribution in [0, 0.1) is 0 Å². The van der Waals surface area contributed by atoms with Crippen LogP contribution < -0.4 is 10.7 Å². The van der Waals surface area contributed by atoms with E-state index in [0.29, 0.717) is 0 Å². The summed E-state index contributed by atoms with van der Waals surface area (Å²) in [6.07, 6.45) is 5.30. The highest BCUT2D eigenvalue weighted by Gasteiger charge is 2.10. The molecule has 13 heavy (non-hydrogen) atoms. The first-order valence-corrected chi connectivity index (χ1v) is 7.11. The maximum atomic E-state index is 5.64. The van der Waals surface area contributed by atoms with Crippen LogP contribution in [-0.2, 0) is 4.43 Å². The molecule has 0 bridgehead atoms. The van der Waals surface area contributed by atoms with Crippen molar-refractivity contribution in [3.05, 3.63) is 0 Å². The van der Waals surface area contributed by atoms with Crippen molar-refractivity contribution >= 4 is 9.20 Å². The molecule has 0 aromatic rings. The zero-order valence-electron chi connectivity index (χ0n) is 9.18. The Kier molecular flexibility index (Phi) is 8.75. The molecule has 0 rings (SSSR count). The van der Waals surface area contributed by atoms with E-state index in [-0.39, 0.29) is 6.17 Å². The van der Waals surface area contributed by atoms with Gasteiger partial charge in [0.15, 0.2) is 0 Å². The Balaban J connectivity index is 3.36. The Morgan fingerprint density at radius 2 is 2.08 bits per heavy atom. The topological polar surface area (TPSA) is 47.3 Å². The Labute approximate surface area is 83.8 Å². The fourth-order valence-corrected chi connectivity index (χ4v) is 3.10. The molecule has 3 nitrogen and oxygen atoms in total. The summed E-state index contributed by atoms with van der Waals surface area (Å²) in [5.74, 6) is 0. The van der Waals surface area contributed by atoms with Crippen LogP contribution >= 0.6 is 0 Å². The average Bonchev–Trinajstić information content (AvgIpc) is 2.09. The Hall–Kier alpha value is 0.0969. The lowest BCUT2D eigenvalue weighted by molar-refractivity contribution is 0.395. The van der Waals surface area contributed by atoms with Crippen molar-refractivity contribution in [3.63, 3.8) is 0 Å². The predicted molar refractivity (Wildman–Crippen MR) is 59.9 cm³/mol. The SMILES string of the molecule is CCCCCC[SiH](NC(C)N)OC. The minimum Gasteiger partial charge on any atom is -0.409 e. The van der Waals surface area contributed by atoms with Gasteiger partial charge in [-0.1, -0.05) is 32.6 Å². The van der Waals surface area contributed by atoms with Gasteiger partial charge in [-0.15, -0.1) is 0 Å². The lowest BCUT2D eigenvalue weighted by Crippen LogP contribution is -2.46. The number of rotatable bonds is 8. The summed E-state index contributed by atoms with van der Waals surface area (Å²) in [6.45, 7) is 4.19. The van der Waals surface area contributed by atoms with Crippen LogP contribution in [0.2, 0.25) is 6.04 Å². The van der Waals surface area contributed by atoms with E-state index in [1.807, 2.05) is 6.92 Å². The van der Waals surface area contributed by atoms with Gasteiger partial charge in [-0.3, -0.25) is 0 Å². The van der Waals surface area contributed by atoms with E-state index in [1.54, 1.807) is 7.11 Å². The molecule has 0 saturated heterocycles. The molecule has 0 saturated carbocycles. The van der Waals surface area contributed by atoms with E-state index in [9.17, 15) is 0 Å². The van der Waals surface area contributed by atoms with Gasteiger partial charge in [0, 0.05) is 13.3 Å². The molecule has 0 aliphatic rings. The second-order valence-corrected chi connectivity index (χ2v) is 5.89. The summed E-state index contributed by atoms with van der Waals surface area (Å²) in [7, 11) is 0.595. The summed E-state index contributed by atoms with van der Waals surface area (Å²) < 4.78 is 5.39. The predicted octanol–water partition coefficient (Wildman–Crippen LogP) is 1.33. The summed E-state index contributed by atoms with van der Waals surface area (Å²) in [5.41, 5.74) is 5.64. The van der Waals surface area contributed by atoms with Crippen LogP contribution in [0.25, 0.3) is 0 Å². The number of nitrogens with two attached hydrogens (primary N) is 1. The molecule has 2 atom stereocenters. The van der Waals surface area contributed by atoms with Crippen molar-refractivity contribution < 1.29 is 4.43 Å². The van der Waals surface area contributed by atoms with Crippen LogP contribution in [0.5, 0.6) is 0 Å². The third-order valence-electron chi connectivity index (χ3n) is 2.05. The highest BCUT2D eigenvalue weighted by Crippen LogP contribution is 2.05. The summed E-state index contributed by atoms with van der Waals surface area (Å²) in [4.78, 5) is 3.30. The van der Waals surface area contributed by atoms with Crippen LogP contribution in [0.4, 0.5) is 0 Å². The molecular weight excluding hydrogens is 180 g/mol. The van der Waals surface area contributed by atoms with Crippen molar-refractivity contribution in [2.75, 3.05) is 7.11 Å². The van der Waals surface area contributed by atoms with Gasteiger partial charge < -0.3 is 15.1 Å². The molecule has 0 fully saturated rings. The molecule has 0 amide bonds. The molecule has 0 aliphatic heterocycles. The van der Waals surface area contributed by atoms with E-state index in [0.717, 1.165) is 0 Å². The Morgan fingerprint density at radius 1 is 1.38 bits per heavy atom. The van der Waals surface area contributed by atoms with Crippen molar-refractivity contribution in [3.8, 4) is 0 Å². The van der Waals surface area contributed by atoms with Gasteiger partial charge >= 0.3 is 0 Å². The van der Waals surface area contributed by atoms with Crippen molar-refractivity contribution in [2.45, 2.75) is 51.7 Å². The van der Waals surface area contributed by atoms with Gasteiger partial charge in [0.1, 0.15) is 0 Å². The number of hydrogen-bond donors (Lipinski definition) is 2. The number of hydrogen-bond acceptors (Lipinski definition) is 3. The van der Waals surface area contributed by atoms with Crippen molar-refractivity contribution in [1.29, 1.82) is 0 Å². The van der Waals surface area contributed by atoms with E-state index < -0.39 is 9.20 Å². The van der Waals surface area contributed by atoms with E-state index in [1.165, 1.54) is 31.7 Å². The van der Waals surface area contributed by atoms with Gasteiger partial charge in [-0.05, 0) is 13.0 Å². The number of unbranched alkanes of at least 4 members (excludes halogenated alkanes) is 3. The molecule has 0 radical (unpaired) electrons. The first-order chi connectivity index (χ1) is 6.20. The number of nitrogens with one attached hydrogen (secondary N) is 1. The van der Waals surface area contributed by atoms with Crippen LogP contribution in [0.3, 0.4) is 0 Å². The average molecular weight is 204 g/mol. The van der Waals surface area contributed by atoms with Crippen LogP contribution in [0.15, 0.2) is 0 Å². The fraction of sp³-hybridized carbons (Fsp3) is 1.00. The smallest absolute Gasteiger partial charge is 0.253 e. The molecule has 0 aliphatic carbocycles. The lowest BCUT2D eigenvalue weighted by Gasteiger charge is -2.17. The zero-order chi connectivity index (χ0) is 10.1.